The maximum atomic E-state index is 13.7. The number of anilines is 3. The summed E-state index contributed by atoms with van der Waals surface area (Å²) in [7, 11) is 0. The summed E-state index contributed by atoms with van der Waals surface area (Å²) in [6.07, 6.45) is -1.54. The van der Waals surface area contributed by atoms with Gasteiger partial charge in [0.1, 0.15) is 29.1 Å². The zero-order valence-electron chi connectivity index (χ0n) is 16.8. The summed E-state index contributed by atoms with van der Waals surface area (Å²) in [5.74, 6) is -0.0527. The predicted octanol–water partition coefficient (Wildman–Crippen LogP) is 2.70. The quantitative estimate of drug-likeness (QED) is 0.340. The Morgan fingerprint density at radius 3 is 2.64 bits per heavy atom. The van der Waals surface area contributed by atoms with Crippen molar-refractivity contribution in [1.29, 1.82) is 5.26 Å². The van der Waals surface area contributed by atoms with Crippen LogP contribution >= 0.6 is 11.6 Å². The Morgan fingerprint density at radius 2 is 2.00 bits per heavy atom. The fourth-order valence-corrected chi connectivity index (χ4v) is 3.55. The second-order valence-corrected chi connectivity index (χ2v) is 7.29. The van der Waals surface area contributed by atoms with E-state index in [4.69, 9.17) is 23.1 Å². The Labute approximate surface area is 189 Å². The first-order chi connectivity index (χ1) is 15.7. The fraction of sp³-hybridized carbons (Fsp3) is 0.158. The highest BCUT2D eigenvalue weighted by atomic mass is 35.5. The number of nitrogens with zero attached hydrogens (tertiary/aromatic N) is 6. The van der Waals surface area contributed by atoms with Gasteiger partial charge in [-0.25, -0.2) is 18.3 Å². The molecule has 4 aromatic rings. The highest BCUT2D eigenvalue weighted by molar-refractivity contribution is 6.35. The molecule has 0 saturated carbocycles. The van der Waals surface area contributed by atoms with Crippen LogP contribution in [0.5, 0.6) is 0 Å². The molecule has 14 heteroatoms. The van der Waals surface area contributed by atoms with Crippen molar-refractivity contribution < 1.29 is 8.78 Å². The number of rotatable bonds is 5. The van der Waals surface area contributed by atoms with Gasteiger partial charge in [-0.3, -0.25) is 9.89 Å². The number of benzene rings is 1. The Balaban J connectivity index is 1.98. The summed E-state index contributed by atoms with van der Waals surface area (Å²) >= 11 is 6.22. The number of nitrogen functional groups attached to an aromatic ring is 2. The van der Waals surface area contributed by atoms with E-state index in [1.54, 1.807) is 6.92 Å². The normalized spacial score (nSPS) is 12.1. The third-order valence-electron chi connectivity index (χ3n) is 4.80. The zero-order valence-corrected chi connectivity index (χ0v) is 17.6. The third kappa shape index (κ3) is 3.76. The van der Waals surface area contributed by atoms with Crippen LogP contribution in [0.4, 0.5) is 26.4 Å². The molecule has 1 atom stereocenters. The molecule has 3 aromatic heterocycles. The molecular formula is C19H15ClF2N10O. The molecule has 33 heavy (non-hydrogen) atoms. The number of nitrogens with two attached hydrogens (primary N) is 2. The molecule has 0 fully saturated rings. The number of aromatic nitrogens is 6. The van der Waals surface area contributed by atoms with E-state index in [-0.39, 0.29) is 50.7 Å². The highest BCUT2D eigenvalue weighted by Gasteiger charge is 2.25. The number of aromatic amines is 1. The smallest absolute Gasteiger partial charge is 0.267 e. The van der Waals surface area contributed by atoms with Crippen molar-refractivity contribution in [3.05, 3.63) is 56.7 Å². The van der Waals surface area contributed by atoms with Gasteiger partial charge in [-0.2, -0.15) is 20.3 Å². The summed E-state index contributed by atoms with van der Waals surface area (Å²) in [4.78, 5) is 25.6. The number of alkyl halides is 2. The summed E-state index contributed by atoms with van der Waals surface area (Å²) in [6, 6.07) is 4.88. The van der Waals surface area contributed by atoms with Gasteiger partial charge in [0.25, 0.3) is 12.0 Å². The van der Waals surface area contributed by atoms with Gasteiger partial charge in [-0.15, -0.1) is 0 Å². The molecule has 0 radical (unpaired) electrons. The minimum atomic E-state index is -2.93. The lowest BCUT2D eigenvalue weighted by Crippen LogP contribution is -2.28. The molecule has 11 nitrogen and oxygen atoms in total. The standard InChI is InChI=1S/C19H15ClF2N10O/c1-7(27-16-9(6-23)15(24)29-19(25)30-16)17-28-13-10(20)3-2-8(14(21)22)12(13)18(33)32(17)11-4-5-26-31-11/h2-5,7,14H,1H3,(H,26,31)(H5,24,25,27,29,30). The lowest BCUT2D eigenvalue weighted by atomic mass is 10.1. The van der Waals surface area contributed by atoms with E-state index in [2.05, 4.69) is 30.5 Å². The van der Waals surface area contributed by atoms with Gasteiger partial charge in [0.2, 0.25) is 5.95 Å². The minimum absolute atomic E-state index is 0.00735. The number of nitrogens with one attached hydrogen (secondary N) is 2. The third-order valence-corrected chi connectivity index (χ3v) is 5.11. The Hall–Kier alpha value is -4.31. The van der Waals surface area contributed by atoms with Crippen LogP contribution in [-0.4, -0.2) is 29.7 Å². The molecule has 0 aliphatic rings. The summed E-state index contributed by atoms with van der Waals surface area (Å²) < 4.78 is 28.4. The first-order valence-corrected chi connectivity index (χ1v) is 9.73. The number of halogens is 3. The highest BCUT2D eigenvalue weighted by Crippen LogP contribution is 2.31. The van der Waals surface area contributed by atoms with Crippen LogP contribution in [-0.2, 0) is 0 Å². The van der Waals surface area contributed by atoms with Gasteiger partial charge in [0.05, 0.1) is 28.2 Å². The van der Waals surface area contributed by atoms with Crippen molar-refractivity contribution in [3.63, 3.8) is 0 Å². The molecule has 3 heterocycles. The van der Waals surface area contributed by atoms with Crippen LogP contribution < -0.4 is 22.3 Å². The van der Waals surface area contributed by atoms with E-state index in [9.17, 15) is 18.8 Å². The molecule has 0 spiro atoms. The van der Waals surface area contributed by atoms with Crippen molar-refractivity contribution in [2.24, 2.45) is 0 Å². The molecule has 0 aliphatic carbocycles. The first kappa shape index (κ1) is 21.9. The summed E-state index contributed by atoms with van der Waals surface area (Å²) in [5, 5.41) is 18.5. The van der Waals surface area contributed by atoms with Crippen LogP contribution in [0.2, 0.25) is 5.02 Å². The van der Waals surface area contributed by atoms with Gasteiger partial charge in [0, 0.05) is 11.6 Å². The van der Waals surface area contributed by atoms with Gasteiger partial charge in [0.15, 0.2) is 5.82 Å². The Bertz CT molecular complexity index is 1460. The molecule has 4 rings (SSSR count). The summed E-state index contributed by atoms with van der Waals surface area (Å²) in [5.41, 5.74) is 9.95. The lowest BCUT2D eigenvalue weighted by molar-refractivity contribution is 0.153. The monoisotopic (exact) mass is 472 g/mol. The van der Waals surface area contributed by atoms with Gasteiger partial charge in [-0.1, -0.05) is 17.7 Å². The van der Waals surface area contributed by atoms with E-state index in [0.717, 1.165) is 10.6 Å². The molecular weight excluding hydrogens is 458 g/mol. The van der Waals surface area contributed by atoms with Gasteiger partial charge >= 0.3 is 0 Å². The van der Waals surface area contributed by atoms with Gasteiger partial charge in [-0.05, 0) is 13.0 Å². The SMILES string of the molecule is CC(Nc1nc(N)nc(N)c1C#N)c1nc2c(Cl)ccc(C(F)F)c2c(=O)n1-c1ccn[nH]1. The van der Waals surface area contributed by atoms with Crippen molar-refractivity contribution in [2.75, 3.05) is 16.8 Å². The second-order valence-electron chi connectivity index (χ2n) is 6.88. The number of hydrogen-bond donors (Lipinski definition) is 4. The molecule has 0 saturated heterocycles. The Kier molecular flexibility index (Phi) is 5.52. The maximum Gasteiger partial charge on any atom is 0.267 e. The number of fused-ring (bicyclic) bond motifs is 1. The zero-order chi connectivity index (χ0) is 23.9. The van der Waals surface area contributed by atoms with Crippen LogP contribution in [0.15, 0.2) is 29.2 Å². The first-order valence-electron chi connectivity index (χ1n) is 9.35. The topological polar surface area (TPSA) is 177 Å². The number of hydrogen-bond acceptors (Lipinski definition) is 9. The lowest BCUT2D eigenvalue weighted by Gasteiger charge is -2.20. The largest absolute Gasteiger partial charge is 0.382 e. The number of H-pyrrole nitrogens is 1. The predicted molar refractivity (Wildman–Crippen MR) is 117 cm³/mol. The van der Waals surface area contributed by atoms with E-state index < -0.39 is 23.6 Å². The molecule has 0 aliphatic heterocycles. The van der Waals surface area contributed by atoms with Crippen LogP contribution in [0.1, 0.15) is 36.3 Å². The molecule has 1 unspecified atom stereocenters. The van der Waals surface area contributed by atoms with Crippen molar-refractivity contribution in [2.45, 2.75) is 19.4 Å². The number of nitriles is 1. The molecule has 168 valence electrons. The average Bonchev–Trinajstić information content (AvgIpc) is 3.28. The van der Waals surface area contributed by atoms with Crippen molar-refractivity contribution in [3.8, 4) is 11.9 Å². The van der Waals surface area contributed by atoms with E-state index in [1.807, 2.05) is 6.07 Å². The van der Waals surface area contributed by atoms with Crippen molar-refractivity contribution >= 4 is 40.1 Å². The van der Waals surface area contributed by atoms with E-state index >= 15 is 0 Å². The molecule has 0 amide bonds. The maximum absolute atomic E-state index is 13.7. The average molecular weight is 473 g/mol. The second kappa shape index (κ2) is 8.32. The fourth-order valence-electron chi connectivity index (χ4n) is 3.35. The van der Waals surface area contributed by atoms with Crippen LogP contribution in [0, 0.1) is 11.3 Å². The van der Waals surface area contributed by atoms with Crippen LogP contribution in [0.3, 0.4) is 0 Å². The Morgan fingerprint density at radius 1 is 1.24 bits per heavy atom. The molecule has 6 N–H and O–H groups in total. The van der Waals surface area contributed by atoms with E-state index in [0.29, 0.717) is 0 Å². The van der Waals surface area contributed by atoms with Crippen LogP contribution in [0.25, 0.3) is 16.7 Å². The summed E-state index contributed by atoms with van der Waals surface area (Å²) in [6.45, 7) is 1.61. The molecule has 1 aromatic carbocycles. The molecule has 0 bridgehead atoms. The van der Waals surface area contributed by atoms with E-state index in [1.165, 1.54) is 18.3 Å². The van der Waals surface area contributed by atoms with Crippen molar-refractivity contribution in [1.82, 2.24) is 29.7 Å². The minimum Gasteiger partial charge on any atom is -0.382 e. The van der Waals surface area contributed by atoms with Gasteiger partial charge < -0.3 is 16.8 Å².